The molecule has 0 N–H and O–H groups in total. The van der Waals surface area contributed by atoms with Gasteiger partial charge in [0.15, 0.2) is 23.0 Å². The fraction of sp³-hybridized carbons (Fsp3) is 0.0638. The Labute approximate surface area is 604 Å². The predicted octanol–water partition coefficient (Wildman–Crippen LogP) is 24.9. The number of benzene rings is 14. The molecule has 0 bridgehead atoms. The molecule has 18 rings (SSSR count). The van der Waals surface area contributed by atoms with E-state index in [4.69, 9.17) is 9.47 Å². The molecule has 0 amide bonds. The van der Waals surface area contributed by atoms with Crippen molar-refractivity contribution in [3.05, 3.63) is 348 Å². The molecule has 4 aliphatic heterocycles. The van der Waals surface area contributed by atoms with Gasteiger partial charge in [0, 0.05) is 55.8 Å². The molecule has 0 aromatic heterocycles. The minimum absolute atomic E-state index is 0.180. The van der Waals surface area contributed by atoms with Crippen LogP contribution >= 0.6 is 0 Å². The van der Waals surface area contributed by atoms with Gasteiger partial charge >= 0.3 is 0 Å². The van der Waals surface area contributed by atoms with Crippen LogP contribution in [0.5, 0.6) is 23.0 Å². The summed E-state index contributed by atoms with van der Waals surface area (Å²) in [4.78, 5) is 9.04. The summed E-state index contributed by atoms with van der Waals surface area (Å²) in [6.07, 6.45) is 0. The number of para-hydroxylation sites is 9. The van der Waals surface area contributed by atoms with Crippen LogP contribution in [-0.2, 0) is 10.8 Å². The lowest BCUT2D eigenvalue weighted by atomic mass is 9.73. The Bertz CT molecular complexity index is 5970. The molecule has 0 unspecified atom stereocenters. The molecule has 10 heteroatoms. The van der Waals surface area contributed by atoms with Gasteiger partial charge in [0.25, 0.3) is 0 Å². The Kier molecular flexibility index (Phi) is 14.5. The molecular formula is C94H62N8O2. The monoisotopic (exact) mass is 1330 g/mol. The lowest BCUT2D eigenvalue weighted by molar-refractivity contribution is 0.477. The van der Waals surface area contributed by atoms with E-state index >= 15 is 0 Å². The normalized spacial score (nSPS) is 13.6. The lowest BCUT2D eigenvalue weighted by Gasteiger charge is -2.42. The maximum atomic E-state index is 10.8. The van der Waals surface area contributed by atoms with Crippen molar-refractivity contribution in [2.45, 2.75) is 38.5 Å². The zero-order valence-corrected chi connectivity index (χ0v) is 57.3. The highest BCUT2D eigenvalue weighted by molar-refractivity contribution is 5.95. The van der Waals surface area contributed by atoms with Gasteiger partial charge in [-0.1, -0.05) is 179 Å². The second-order valence-corrected chi connectivity index (χ2v) is 27.7. The van der Waals surface area contributed by atoms with Crippen molar-refractivity contribution in [1.82, 2.24) is 0 Å². The summed E-state index contributed by atoms with van der Waals surface area (Å²) in [5.74, 6) is 2.95. The first-order valence-corrected chi connectivity index (χ1v) is 34.7. The van der Waals surface area contributed by atoms with E-state index in [1.54, 1.807) is 0 Å². The third-order valence-corrected chi connectivity index (χ3v) is 21.2. The maximum Gasteiger partial charge on any atom is 0.151 e. The van der Waals surface area contributed by atoms with E-state index in [2.05, 4.69) is 241 Å². The van der Waals surface area contributed by atoms with Crippen LogP contribution in [0.3, 0.4) is 0 Å². The molecule has 0 aliphatic carbocycles. The summed E-state index contributed by atoms with van der Waals surface area (Å²) >= 11 is 0. The number of anilines is 12. The first kappa shape index (κ1) is 62.1. The van der Waals surface area contributed by atoms with E-state index < -0.39 is 5.41 Å². The fourth-order valence-corrected chi connectivity index (χ4v) is 16.0. The topological polar surface area (TPSA) is 127 Å². The first-order chi connectivity index (χ1) is 50.9. The largest absolute Gasteiger partial charge is 0.453 e. The fourth-order valence-electron chi connectivity index (χ4n) is 16.0. The smallest absolute Gasteiger partial charge is 0.151 e. The average molecular weight is 1340 g/mol. The zero-order chi connectivity index (χ0) is 70.5. The van der Waals surface area contributed by atoms with E-state index in [0.717, 1.165) is 124 Å². The van der Waals surface area contributed by atoms with Crippen molar-refractivity contribution < 1.29 is 9.47 Å². The number of fused-ring (bicyclic) bond motifs is 8. The molecule has 0 saturated carbocycles. The lowest BCUT2D eigenvalue weighted by Crippen LogP contribution is -2.30. The molecule has 14 aromatic rings. The molecule has 0 spiro atoms. The minimum atomic E-state index is -0.405. The molecule has 104 heavy (non-hydrogen) atoms. The highest BCUT2D eigenvalue weighted by Crippen LogP contribution is 2.57. The van der Waals surface area contributed by atoms with Crippen LogP contribution in [-0.4, -0.2) is 0 Å². The Morgan fingerprint density at radius 1 is 0.231 bits per heavy atom. The average Bonchev–Trinajstić information content (AvgIpc) is 0.731. The van der Waals surface area contributed by atoms with E-state index in [-0.39, 0.29) is 5.41 Å². The Morgan fingerprint density at radius 3 is 0.827 bits per heavy atom. The van der Waals surface area contributed by atoms with Gasteiger partial charge in [-0.15, -0.1) is 0 Å². The van der Waals surface area contributed by atoms with Gasteiger partial charge < -0.3 is 29.1 Å². The number of ether oxygens (including phenoxy) is 2. The van der Waals surface area contributed by atoms with E-state index in [0.29, 0.717) is 50.3 Å². The van der Waals surface area contributed by atoms with Crippen LogP contribution in [0.1, 0.15) is 72.2 Å². The molecule has 0 fully saturated rings. The quantitative estimate of drug-likeness (QED) is 0.138. The molecule has 0 atom stereocenters. The summed E-state index contributed by atoms with van der Waals surface area (Å²) < 4.78 is 12.9. The predicted molar refractivity (Wildman–Crippen MR) is 416 cm³/mol. The highest BCUT2D eigenvalue weighted by Gasteiger charge is 2.39. The standard InChI is InChI=1S/C94H62N8O2/c1-93(2)77-17-5-8-20-81(77)99(82-21-9-6-18-78(82)93)69-39-29-59(30-40-69)73-49-66(56-96)74(50-65(73)55-95)60-31-41-70(42-32-60)100-83-22-10-7-19-79(83)94(3,4)80-53-63(37-47-84(80)100)64-38-48-92-88(54-64)102(87-25-13-16-28-91(87)104-92)72-45-35-62(36-46-72)76-52-67(57-97)75(51-68(76)58-98)61-33-43-71(44-34-61)101-85-23-11-14-26-89(85)103-90-27-15-12-24-86(90)101/h5-54H,1-4H3. The maximum absolute atomic E-state index is 10.8. The number of nitrogens with zero attached hydrogens (tertiary/aromatic N) is 8. The molecule has 14 aromatic carbocycles. The summed E-state index contributed by atoms with van der Waals surface area (Å²) in [5.41, 5.74) is 25.9. The second-order valence-electron chi connectivity index (χ2n) is 27.7. The van der Waals surface area contributed by atoms with Gasteiger partial charge in [0.2, 0.25) is 0 Å². The Balaban J connectivity index is 0.638. The van der Waals surface area contributed by atoms with Crippen LogP contribution in [0.15, 0.2) is 303 Å². The molecule has 4 aliphatic rings. The van der Waals surface area contributed by atoms with Gasteiger partial charge in [-0.25, -0.2) is 0 Å². The summed E-state index contributed by atoms with van der Waals surface area (Å²) in [6, 6.07) is 113. The molecule has 0 radical (unpaired) electrons. The van der Waals surface area contributed by atoms with E-state index in [1.807, 2.05) is 133 Å². The van der Waals surface area contributed by atoms with Gasteiger partial charge in [-0.3, -0.25) is 0 Å². The summed E-state index contributed by atoms with van der Waals surface area (Å²) in [7, 11) is 0. The number of hydrogen-bond acceptors (Lipinski definition) is 10. The molecule has 490 valence electrons. The van der Waals surface area contributed by atoms with Crippen molar-refractivity contribution >= 4 is 68.2 Å². The van der Waals surface area contributed by atoms with Gasteiger partial charge in [0.05, 0.1) is 92.0 Å². The highest BCUT2D eigenvalue weighted by atomic mass is 16.5. The second kappa shape index (κ2) is 24.3. The van der Waals surface area contributed by atoms with E-state index in [1.165, 1.54) is 16.7 Å². The van der Waals surface area contributed by atoms with Crippen LogP contribution in [0, 0.1) is 45.3 Å². The molecule has 0 saturated heterocycles. The van der Waals surface area contributed by atoms with Crippen LogP contribution in [0.2, 0.25) is 0 Å². The van der Waals surface area contributed by atoms with Crippen molar-refractivity contribution in [1.29, 1.82) is 21.0 Å². The van der Waals surface area contributed by atoms with Crippen LogP contribution in [0.25, 0.3) is 55.6 Å². The Hall–Kier alpha value is -14.2. The van der Waals surface area contributed by atoms with Crippen molar-refractivity contribution in [3.63, 3.8) is 0 Å². The SMILES string of the molecule is CC1(C)c2ccccc2N(c2ccc(-c3cc(C#N)c(-c4ccc(N5c6ccccc6C(C)(C)c6cc(-c7ccc8c(c7)N(c7ccc(-c9cc(C#N)c(-c%10ccc(N%11c%12ccccc%12Oc%12ccccc%12%11)cc%10)cc9C#N)cc7)c7ccccc7O8)ccc65)cc4)cc3C#N)cc2)c2ccccc21. The third kappa shape index (κ3) is 9.96. The number of hydrogen-bond donors (Lipinski definition) is 0. The third-order valence-electron chi connectivity index (χ3n) is 21.2. The van der Waals surface area contributed by atoms with Crippen molar-refractivity contribution in [3.8, 4) is 103 Å². The van der Waals surface area contributed by atoms with Crippen LogP contribution < -0.4 is 29.1 Å². The number of nitriles is 4. The number of rotatable bonds is 9. The first-order valence-electron chi connectivity index (χ1n) is 34.7. The Morgan fingerprint density at radius 2 is 0.481 bits per heavy atom. The van der Waals surface area contributed by atoms with Gasteiger partial charge in [-0.2, -0.15) is 21.0 Å². The van der Waals surface area contributed by atoms with Gasteiger partial charge in [-0.05, 0) is 207 Å². The van der Waals surface area contributed by atoms with Crippen LogP contribution in [0.4, 0.5) is 68.2 Å². The summed E-state index contributed by atoms with van der Waals surface area (Å²) in [5, 5.41) is 43.2. The van der Waals surface area contributed by atoms with E-state index in [9.17, 15) is 21.0 Å². The molecule has 10 nitrogen and oxygen atoms in total. The van der Waals surface area contributed by atoms with Crippen molar-refractivity contribution in [2.75, 3.05) is 19.6 Å². The van der Waals surface area contributed by atoms with Crippen molar-refractivity contribution in [2.24, 2.45) is 0 Å². The van der Waals surface area contributed by atoms with Gasteiger partial charge in [0.1, 0.15) is 0 Å². The molecular weight excluding hydrogens is 1270 g/mol. The minimum Gasteiger partial charge on any atom is -0.453 e. The summed E-state index contributed by atoms with van der Waals surface area (Å²) in [6.45, 7) is 9.14. The molecule has 4 heterocycles. The zero-order valence-electron chi connectivity index (χ0n) is 57.3.